The van der Waals surface area contributed by atoms with Crippen LogP contribution < -0.4 is 4.74 Å². The van der Waals surface area contributed by atoms with Gasteiger partial charge in [-0.05, 0) is 50.4 Å². The maximum atomic E-state index is 12.8. The van der Waals surface area contributed by atoms with Crippen molar-refractivity contribution in [2.45, 2.75) is 22.1 Å². The van der Waals surface area contributed by atoms with Crippen molar-refractivity contribution in [3.63, 3.8) is 0 Å². The lowest BCUT2D eigenvalue weighted by Gasteiger charge is -2.31. The lowest BCUT2D eigenvalue weighted by molar-refractivity contribution is 0.222. The molecule has 1 fully saturated rings. The Hall–Kier alpha value is -2.47. The van der Waals surface area contributed by atoms with Crippen LogP contribution in [-0.2, 0) is 10.0 Å². The molecule has 9 nitrogen and oxygen atoms in total. The molecule has 32 heavy (non-hydrogen) atoms. The number of likely N-dealkylation sites (N-methyl/N-ethyl adjacent to an activating group) is 1. The van der Waals surface area contributed by atoms with Crippen LogP contribution in [0.25, 0.3) is 11.5 Å². The van der Waals surface area contributed by atoms with Gasteiger partial charge in [0.05, 0.1) is 17.4 Å². The number of benzene rings is 1. The first-order chi connectivity index (χ1) is 15.4. The van der Waals surface area contributed by atoms with E-state index in [1.165, 1.54) is 22.3 Å². The molecule has 0 radical (unpaired) electrons. The van der Waals surface area contributed by atoms with E-state index in [2.05, 4.69) is 20.1 Å². The number of hydrogen-bond donors (Lipinski definition) is 0. The quantitative estimate of drug-likeness (QED) is 0.477. The number of methoxy groups -OCH3 is 1. The zero-order chi connectivity index (χ0) is 22.7. The van der Waals surface area contributed by atoms with Gasteiger partial charge in [-0.1, -0.05) is 11.8 Å². The third-order valence-electron chi connectivity index (χ3n) is 5.23. The molecule has 0 N–H and O–H groups in total. The van der Waals surface area contributed by atoms with E-state index in [4.69, 9.17) is 9.15 Å². The molecule has 1 atom stereocenters. The maximum absolute atomic E-state index is 12.8. The Morgan fingerprint density at radius 1 is 1.06 bits per heavy atom. The monoisotopic (exact) mass is 475 g/mol. The van der Waals surface area contributed by atoms with Gasteiger partial charge in [0, 0.05) is 37.9 Å². The van der Waals surface area contributed by atoms with Crippen molar-refractivity contribution in [3.8, 4) is 17.2 Å². The van der Waals surface area contributed by atoms with Crippen LogP contribution in [0.1, 0.15) is 18.1 Å². The Kier molecular flexibility index (Phi) is 6.79. The molecule has 11 heteroatoms. The summed E-state index contributed by atoms with van der Waals surface area (Å²) in [6.07, 6.45) is 1.42. The Balaban J connectivity index is 1.42. The second-order valence-corrected chi connectivity index (χ2v) is 10.8. The van der Waals surface area contributed by atoms with Gasteiger partial charge in [-0.25, -0.2) is 13.4 Å². The molecule has 1 aliphatic rings. The molecule has 0 saturated carbocycles. The van der Waals surface area contributed by atoms with Gasteiger partial charge in [-0.15, -0.1) is 10.2 Å². The molecular weight excluding hydrogens is 450 g/mol. The van der Waals surface area contributed by atoms with Crippen LogP contribution in [0.2, 0.25) is 0 Å². The average molecular weight is 476 g/mol. The van der Waals surface area contributed by atoms with Gasteiger partial charge in [0.1, 0.15) is 10.6 Å². The second-order valence-electron chi connectivity index (χ2n) is 7.47. The van der Waals surface area contributed by atoms with E-state index in [9.17, 15) is 8.42 Å². The number of ether oxygens (including phenoxy) is 1. The van der Waals surface area contributed by atoms with Crippen molar-refractivity contribution in [3.05, 3.63) is 48.5 Å². The van der Waals surface area contributed by atoms with E-state index in [0.717, 1.165) is 24.4 Å². The Morgan fingerprint density at radius 2 is 1.78 bits per heavy atom. The first-order valence-corrected chi connectivity index (χ1v) is 12.5. The van der Waals surface area contributed by atoms with Gasteiger partial charge in [0.15, 0.2) is 0 Å². The number of nitrogens with zero attached hydrogens (tertiary/aromatic N) is 5. The lowest BCUT2D eigenvalue weighted by Crippen LogP contribution is -2.47. The molecular formula is C21H25N5O4S2. The summed E-state index contributed by atoms with van der Waals surface area (Å²) in [4.78, 5) is 6.67. The zero-order valence-electron chi connectivity index (χ0n) is 18.1. The highest BCUT2D eigenvalue weighted by atomic mass is 32.2. The lowest BCUT2D eigenvalue weighted by atomic mass is 10.2. The van der Waals surface area contributed by atoms with Crippen LogP contribution in [0, 0.1) is 0 Å². The Morgan fingerprint density at radius 3 is 2.41 bits per heavy atom. The molecule has 3 heterocycles. The summed E-state index contributed by atoms with van der Waals surface area (Å²) < 4.78 is 38.2. The van der Waals surface area contributed by atoms with Crippen molar-refractivity contribution in [2.24, 2.45) is 0 Å². The molecule has 1 aromatic carbocycles. The summed E-state index contributed by atoms with van der Waals surface area (Å²) in [5.74, 6) is 1.65. The fourth-order valence-electron chi connectivity index (χ4n) is 3.25. The molecule has 3 aromatic rings. The van der Waals surface area contributed by atoms with Crippen LogP contribution >= 0.6 is 11.8 Å². The van der Waals surface area contributed by atoms with Gasteiger partial charge < -0.3 is 14.1 Å². The zero-order valence-corrected chi connectivity index (χ0v) is 19.8. The summed E-state index contributed by atoms with van der Waals surface area (Å²) in [7, 11) is 0.0702. The number of aromatic nitrogens is 3. The fourth-order valence-corrected chi connectivity index (χ4v) is 5.43. The van der Waals surface area contributed by atoms with Gasteiger partial charge in [-0.2, -0.15) is 4.31 Å². The molecule has 0 amide bonds. The van der Waals surface area contributed by atoms with Crippen LogP contribution in [0.3, 0.4) is 0 Å². The molecule has 2 aromatic heterocycles. The molecule has 1 saturated heterocycles. The van der Waals surface area contributed by atoms with Crippen molar-refractivity contribution < 1.29 is 17.6 Å². The van der Waals surface area contributed by atoms with Crippen LogP contribution in [0.4, 0.5) is 0 Å². The van der Waals surface area contributed by atoms with E-state index in [1.807, 2.05) is 38.2 Å². The number of sulfonamides is 1. The van der Waals surface area contributed by atoms with Crippen molar-refractivity contribution in [1.82, 2.24) is 24.4 Å². The first kappa shape index (κ1) is 22.7. The molecule has 4 rings (SSSR count). The summed E-state index contributed by atoms with van der Waals surface area (Å²) in [6, 6.07) is 10.7. The van der Waals surface area contributed by atoms with Gasteiger partial charge >= 0.3 is 0 Å². The minimum absolute atomic E-state index is 0.151. The topological polar surface area (TPSA) is 102 Å². The fraction of sp³-hybridized carbons (Fsp3) is 0.381. The smallest absolute Gasteiger partial charge is 0.247 e. The van der Waals surface area contributed by atoms with Crippen molar-refractivity contribution in [2.75, 3.05) is 40.3 Å². The molecule has 0 spiro atoms. The average Bonchev–Trinajstić information content (AvgIpc) is 3.30. The molecule has 170 valence electrons. The van der Waals surface area contributed by atoms with Gasteiger partial charge in [-0.3, -0.25) is 0 Å². The van der Waals surface area contributed by atoms with E-state index < -0.39 is 10.0 Å². The highest BCUT2D eigenvalue weighted by molar-refractivity contribution is 7.99. The highest BCUT2D eigenvalue weighted by Crippen LogP contribution is 2.34. The predicted octanol–water partition coefficient (Wildman–Crippen LogP) is 2.93. The summed E-state index contributed by atoms with van der Waals surface area (Å²) in [5.41, 5.74) is 0.804. The summed E-state index contributed by atoms with van der Waals surface area (Å²) in [6.45, 7) is 4.36. The van der Waals surface area contributed by atoms with E-state index in [0.29, 0.717) is 29.9 Å². The highest BCUT2D eigenvalue weighted by Gasteiger charge is 2.28. The van der Waals surface area contributed by atoms with Gasteiger partial charge in [0.2, 0.25) is 21.8 Å². The van der Waals surface area contributed by atoms with E-state index in [1.54, 1.807) is 19.2 Å². The number of rotatable bonds is 7. The van der Waals surface area contributed by atoms with Crippen LogP contribution in [-0.4, -0.2) is 73.1 Å². The molecule has 1 unspecified atom stereocenters. The normalized spacial score (nSPS) is 16.7. The Bertz CT molecular complexity index is 1140. The largest absolute Gasteiger partial charge is 0.497 e. The third-order valence-corrected chi connectivity index (χ3v) is 8.15. The van der Waals surface area contributed by atoms with Crippen molar-refractivity contribution >= 4 is 21.8 Å². The SMILES string of the molecule is COc1ccc(-c2nnc(C(C)Sc3ccc(S(=O)(=O)N4CCN(C)CC4)cn3)o2)cc1. The molecule has 1 aliphatic heterocycles. The van der Waals surface area contributed by atoms with Gasteiger partial charge in [0.25, 0.3) is 0 Å². The summed E-state index contributed by atoms with van der Waals surface area (Å²) >= 11 is 1.42. The predicted molar refractivity (Wildman–Crippen MR) is 121 cm³/mol. The minimum Gasteiger partial charge on any atom is -0.497 e. The summed E-state index contributed by atoms with van der Waals surface area (Å²) in [5, 5.41) is 8.81. The number of thioether (sulfide) groups is 1. The first-order valence-electron chi connectivity index (χ1n) is 10.2. The van der Waals surface area contributed by atoms with Crippen LogP contribution in [0.5, 0.6) is 5.75 Å². The third kappa shape index (κ3) is 4.96. The molecule has 0 bridgehead atoms. The van der Waals surface area contributed by atoms with Crippen LogP contribution in [0.15, 0.2) is 56.9 Å². The minimum atomic E-state index is -3.53. The standard InChI is InChI=1S/C21H25N5O4S2/c1-15(20-23-24-21(30-20)16-4-6-17(29-3)7-5-16)31-19-9-8-18(14-22-19)32(27,28)26-12-10-25(2)11-13-26/h4-9,14-15H,10-13H2,1-3H3. The second kappa shape index (κ2) is 9.57. The van der Waals surface area contributed by atoms with E-state index >= 15 is 0 Å². The van der Waals surface area contributed by atoms with Crippen molar-refractivity contribution in [1.29, 1.82) is 0 Å². The van der Waals surface area contributed by atoms with E-state index in [-0.39, 0.29) is 10.1 Å². The molecule has 0 aliphatic carbocycles. The Labute approximate surface area is 191 Å². The number of pyridine rings is 1. The maximum Gasteiger partial charge on any atom is 0.247 e. The number of hydrogen-bond acceptors (Lipinski definition) is 9. The number of piperazine rings is 1.